The standard InChI is InChI=1S/C15H20ClNO3/c1-15(2,3)20-14(18)17-11-8-13(9-11)19-12-6-4-10(16)5-7-12/h4-7,11,13H,8-9H2,1-3H3,(H,17,18)/t11-,13-. The van der Waals surface area contributed by atoms with E-state index in [1.165, 1.54) is 0 Å². The fraction of sp³-hybridized carbons (Fsp3) is 0.533. The maximum Gasteiger partial charge on any atom is 0.407 e. The summed E-state index contributed by atoms with van der Waals surface area (Å²) in [5.74, 6) is 0.801. The van der Waals surface area contributed by atoms with E-state index < -0.39 is 5.60 Å². The summed E-state index contributed by atoms with van der Waals surface area (Å²) in [7, 11) is 0. The molecule has 0 atom stereocenters. The van der Waals surface area contributed by atoms with E-state index in [9.17, 15) is 4.79 Å². The van der Waals surface area contributed by atoms with Gasteiger partial charge in [0.1, 0.15) is 17.5 Å². The van der Waals surface area contributed by atoms with Gasteiger partial charge >= 0.3 is 6.09 Å². The van der Waals surface area contributed by atoms with Crippen LogP contribution < -0.4 is 10.1 Å². The van der Waals surface area contributed by atoms with Gasteiger partial charge in [-0.3, -0.25) is 0 Å². The zero-order chi connectivity index (χ0) is 14.8. The van der Waals surface area contributed by atoms with Crippen LogP contribution in [0.5, 0.6) is 5.75 Å². The molecule has 0 saturated heterocycles. The number of amides is 1. The highest BCUT2D eigenvalue weighted by molar-refractivity contribution is 6.30. The molecule has 0 bridgehead atoms. The van der Waals surface area contributed by atoms with Crippen molar-refractivity contribution in [2.24, 2.45) is 0 Å². The number of nitrogens with one attached hydrogen (secondary N) is 1. The van der Waals surface area contributed by atoms with Crippen molar-refractivity contribution >= 4 is 17.7 Å². The smallest absolute Gasteiger partial charge is 0.407 e. The molecule has 1 aromatic carbocycles. The summed E-state index contributed by atoms with van der Waals surface area (Å²) in [6, 6.07) is 7.41. The maximum absolute atomic E-state index is 11.6. The topological polar surface area (TPSA) is 47.6 Å². The van der Waals surface area contributed by atoms with Gasteiger partial charge in [-0.05, 0) is 45.0 Å². The summed E-state index contributed by atoms with van der Waals surface area (Å²) in [5.41, 5.74) is -0.465. The molecule has 0 aliphatic heterocycles. The molecule has 1 aliphatic carbocycles. The largest absolute Gasteiger partial charge is 0.490 e. The Morgan fingerprint density at radius 3 is 2.40 bits per heavy atom. The monoisotopic (exact) mass is 297 g/mol. The first-order valence-corrected chi connectivity index (χ1v) is 7.11. The SMILES string of the molecule is CC(C)(C)OC(=O)N[C@H]1C[C@H](Oc2ccc(Cl)cc2)C1. The summed E-state index contributed by atoms with van der Waals surface area (Å²) in [6.45, 7) is 5.54. The molecule has 1 aromatic rings. The number of alkyl carbamates (subject to hydrolysis) is 1. The van der Waals surface area contributed by atoms with Gasteiger partial charge in [-0.25, -0.2) is 4.79 Å². The molecular weight excluding hydrogens is 278 g/mol. The van der Waals surface area contributed by atoms with E-state index in [1.807, 2.05) is 32.9 Å². The van der Waals surface area contributed by atoms with E-state index in [0.717, 1.165) is 18.6 Å². The third kappa shape index (κ3) is 4.60. The minimum absolute atomic E-state index is 0.127. The zero-order valence-corrected chi connectivity index (χ0v) is 12.7. The Bertz CT molecular complexity index is 461. The van der Waals surface area contributed by atoms with Crippen LogP contribution >= 0.6 is 11.6 Å². The van der Waals surface area contributed by atoms with Gasteiger partial charge in [0.05, 0.1) is 0 Å². The van der Waals surface area contributed by atoms with Crippen LogP contribution in [0.3, 0.4) is 0 Å². The second-order valence-corrected chi connectivity index (χ2v) is 6.44. The van der Waals surface area contributed by atoms with Gasteiger partial charge in [0, 0.05) is 23.9 Å². The normalized spacial score (nSPS) is 21.8. The van der Waals surface area contributed by atoms with Crippen LogP contribution in [0.2, 0.25) is 5.02 Å². The predicted molar refractivity (Wildman–Crippen MR) is 78.3 cm³/mol. The Morgan fingerprint density at radius 2 is 1.85 bits per heavy atom. The highest BCUT2D eigenvalue weighted by Crippen LogP contribution is 2.27. The molecule has 0 heterocycles. The quantitative estimate of drug-likeness (QED) is 0.923. The van der Waals surface area contributed by atoms with Crippen LogP contribution in [0.4, 0.5) is 4.79 Å². The molecule has 20 heavy (non-hydrogen) atoms. The molecule has 1 aliphatic rings. The Balaban J connectivity index is 1.70. The first kappa shape index (κ1) is 15.0. The van der Waals surface area contributed by atoms with Gasteiger partial charge in [0.2, 0.25) is 0 Å². The van der Waals surface area contributed by atoms with Crippen molar-refractivity contribution < 1.29 is 14.3 Å². The summed E-state index contributed by atoms with van der Waals surface area (Å²) < 4.78 is 11.0. The van der Waals surface area contributed by atoms with Crippen LogP contribution in [0.15, 0.2) is 24.3 Å². The minimum atomic E-state index is -0.465. The first-order valence-electron chi connectivity index (χ1n) is 6.73. The number of hydrogen-bond donors (Lipinski definition) is 1. The van der Waals surface area contributed by atoms with Crippen LogP contribution in [-0.2, 0) is 4.74 Å². The van der Waals surface area contributed by atoms with Gasteiger partial charge in [0.15, 0.2) is 0 Å². The number of carbonyl (C=O) groups excluding carboxylic acids is 1. The highest BCUT2D eigenvalue weighted by atomic mass is 35.5. The lowest BCUT2D eigenvalue weighted by Crippen LogP contribution is -2.50. The molecule has 0 spiro atoms. The molecule has 1 N–H and O–H groups in total. The Labute approximate surface area is 124 Å². The van der Waals surface area contributed by atoms with Gasteiger partial charge in [0.25, 0.3) is 0 Å². The van der Waals surface area contributed by atoms with Gasteiger partial charge in [-0.15, -0.1) is 0 Å². The van der Waals surface area contributed by atoms with E-state index in [4.69, 9.17) is 21.1 Å². The predicted octanol–water partition coefficient (Wildman–Crippen LogP) is 3.77. The van der Waals surface area contributed by atoms with E-state index >= 15 is 0 Å². The van der Waals surface area contributed by atoms with Crippen molar-refractivity contribution in [3.8, 4) is 5.75 Å². The summed E-state index contributed by atoms with van der Waals surface area (Å²) in [5, 5.41) is 3.53. The van der Waals surface area contributed by atoms with Gasteiger partial charge < -0.3 is 14.8 Å². The number of halogens is 1. The van der Waals surface area contributed by atoms with Crippen molar-refractivity contribution in [1.82, 2.24) is 5.32 Å². The number of carbonyl (C=O) groups is 1. The van der Waals surface area contributed by atoms with Crippen LogP contribution in [-0.4, -0.2) is 23.8 Å². The van der Waals surface area contributed by atoms with E-state index in [0.29, 0.717) is 5.02 Å². The van der Waals surface area contributed by atoms with E-state index in [-0.39, 0.29) is 18.2 Å². The minimum Gasteiger partial charge on any atom is -0.490 e. The highest BCUT2D eigenvalue weighted by Gasteiger charge is 2.33. The van der Waals surface area contributed by atoms with Crippen molar-refractivity contribution in [3.05, 3.63) is 29.3 Å². The van der Waals surface area contributed by atoms with Crippen molar-refractivity contribution in [2.45, 2.75) is 51.4 Å². The Morgan fingerprint density at radius 1 is 1.25 bits per heavy atom. The zero-order valence-electron chi connectivity index (χ0n) is 12.0. The van der Waals surface area contributed by atoms with Crippen LogP contribution in [0.25, 0.3) is 0 Å². The lowest BCUT2D eigenvalue weighted by Gasteiger charge is -2.36. The molecule has 110 valence electrons. The second kappa shape index (κ2) is 5.92. The maximum atomic E-state index is 11.6. The van der Waals surface area contributed by atoms with Gasteiger partial charge in [-0.1, -0.05) is 11.6 Å². The fourth-order valence-electron chi connectivity index (χ4n) is 1.96. The fourth-order valence-corrected chi connectivity index (χ4v) is 2.09. The molecule has 1 amide bonds. The molecule has 4 nitrogen and oxygen atoms in total. The number of hydrogen-bond acceptors (Lipinski definition) is 3. The summed E-state index contributed by atoms with van der Waals surface area (Å²) in [6.07, 6.45) is 1.35. The molecule has 0 unspecified atom stereocenters. The Kier molecular flexibility index (Phi) is 4.43. The summed E-state index contributed by atoms with van der Waals surface area (Å²) in [4.78, 5) is 11.6. The molecule has 0 radical (unpaired) electrons. The van der Waals surface area contributed by atoms with Crippen molar-refractivity contribution in [3.63, 3.8) is 0 Å². The second-order valence-electron chi connectivity index (χ2n) is 6.01. The molecule has 2 rings (SSSR count). The molecule has 5 heteroatoms. The van der Waals surface area contributed by atoms with Crippen LogP contribution in [0, 0.1) is 0 Å². The Hall–Kier alpha value is -1.42. The van der Waals surface area contributed by atoms with Gasteiger partial charge in [-0.2, -0.15) is 0 Å². The lowest BCUT2D eigenvalue weighted by atomic mass is 9.89. The lowest BCUT2D eigenvalue weighted by molar-refractivity contribution is 0.0363. The number of rotatable bonds is 3. The first-order chi connectivity index (χ1) is 9.32. The van der Waals surface area contributed by atoms with Crippen molar-refractivity contribution in [1.29, 1.82) is 0 Å². The van der Waals surface area contributed by atoms with E-state index in [1.54, 1.807) is 12.1 Å². The molecule has 0 aromatic heterocycles. The number of benzene rings is 1. The average Bonchev–Trinajstić information content (AvgIpc) is 2.26. The molecule has 1 fully saturated rings. The summed E-state index contributed by atoms with van der Waals surface area (Å²) >= 11 is 5.81. The van der Waals surface area contributed by atoms with Crippen molar-refractivity contribution in [2.75, 3.05) is 0 Å². The average molecular weight is 298 g/mol. The molecule has 1 saturated carbocycles. The third-order valence-corrected chi connectivity index (χ3v) is 3.18. The number of ether oxygens (including phenoxy) is 2. The van der Waals surface area contributed by atoms with Crippen LogP contribution in [0.1, 0.15) is 33.6 Å². The molecular formula is C15H20ClNO3. The van der Waals surface area contributed by atoms with E-state index in [2.05, 4.69) is 5.32 Å². The third-order valence-electron chi connectivity index (χ3n) is 2.93.